The first-order chi connectivity index (χ1) is 15.2. The number of primary amides is 1. The van der Waals surface area contributed by atoms with Crippen molar-refractivity contribution >= 4 is 11.7 Å². The van der Waals surface area contributed by atoms with Gasteiger partial charge in [0, 0.05) is 67.4 Å². The van der Waals surface area contributed by atoms with Gasteiger partial charge in [0.25, 0.3) is 5.91 Å². The number of hydrogen-bond acceptors (Lipinski definition) is 7. The minimum absolute atomic E-state index is 0.0777. The summed E-state index contributed by atoms with van der Waals surface area (Å²) in [7, 11) is 0. The molecule has 0 aromatic carbocycles. The summed E-state index contributed by atoms with van der Waals surface area (Å²) in [5.74, 6) is 1.91. The summed E-state index contributed by atoms with van der Waals surface area (Å²) >= 11 is 0. The fourth-order valence-corrected chi connectivity index (χ4v) is 4.30. The molecular formula is C23H24N6O2. The second kappa shape index (κ2) is 8.29. The van der Waals surface area contributed by atoms with Crippen LogP contribution in [0.5, 0.6) is 5.75 Å². The summed E-state index contributed by atoms with van der Waals surface area (Å²) in [6.07, 6.45) is 10.1. The molecule has 8 nitrogen and oxygen atoms in total. The second-order valence-electron chi connectivity index (χ2n) is 7.93. The summed E-state index contributed by atoms with van der Waals surface area (Å²) in [5, 5.41) is 0. The average Bonchev–Trinajstić information content (AvgIpc) is 3.29. The largest absolute Gasteiger partial charge is 0.490 e. The number of rotatable bonds is 5. The Morgan fingerprint density at radius 1 is 1.06 bits per heavy atom. The van der Waals surface area contributed by atoms with E-state index in [1.807, 2.05) is 12.1 Å². The van der Waals surface area contributed by atoms with E-state index in [9.17, 15) is 4.79 Å². The normalized spacial score (nSPS) is 16.2. The van der Waals surface area contributed by atoms with Crippen molar-refractivity contribution < 1.29 is 9.53 Å². The monoisotopic (exact) mass is 416 g/mol. The number of pyridine rings is 2. The highest BCUT2D eigenvalue weighted by Crippen LogP contribution is 2.33. The summed E-state index contributed by atoms with van der Waals surface area (Å²) < 4.78 is 6.10. The Morgan fingerprint density at radius 3 is 2.65 bits per heavy atom. The zero-order valence-electron chi connectivity index (χ0n) is 17.2. The van der Waals surface area contributed by atoms with Gasteiger partial charge in [0.15, 0.2) is 5.82 Å². The van der Waals surface area contributed by atoms with Gasteiger partial charge in [0.1, 0.15) is 23.4 Å². The molecule has 1 fully saturated rings. The van der Waals surface area contributed by atoms with Gasteiger partial charge in [-0.05, 0) is 37.5 Å². The first-order valence-electron chi connectivity index (χ1n) is 10.6. The highest BCUT2D eigenvalue weighted by atomic mass is 16.5. The lowest BCUT2D eigenvalue weighted by Crippen LogP contribution is -2.39. The Bertz CT molecular complexity index is 1100. The molecule has 0 bridgehead atoms. The molecule has 0 saturated carbocycles. The van der Waals surface area contributed by atoms with E-state index in [0.717, 1.165) is 62.4 Å². The smallest absolute Gasteiger partial charge is 0.267 e. The molecule has 4 heterocycles. The minimum atomic E-state index is -0.553. The van der Waals surface area contributed by atoms with Crippen LogP contribution in [0.25, 0.3) is 11.4 Å². The molecule has 0 unspecified atom stereocenters. The maximum absolute atomic E-state index is 11.4. The molecule has 3 aromatic rings. The number of hydrogen-bond donors (Lipinski definition) is 1. The number of ether oxygens (including phenoxy) is 1. The van der Waals surface area contributed by atoms with Crippen LogP contribution >= 0.6 is 0 Å². The number of fused-ring (bicyclic) bond motifs is 1. The third-order valence-corrected chi connectivity index (χ3v) is 5.88. The fraction of sp³-hybridized carbons (Fsp3) is 0.348. The van der Waals surface area contributed by atoms with Crippen molar-refractivity contribution in [3.8, 4) is 17.1 Å². The third-order valence-electron chi connectivity index (χ3n) is 5.88. The van der Waals surface area contributed by atoms with E-state index in [4.69, 9.17) is 20.4 Å². The van der Waals surface area contributed by atoms with Crippen molar-refractivity contribution in [3.63, 3.8) is 0 Å². The molecule has 31 heavy (non-hydrogen) atoms. The van der Waals surface area contributed by atoms with Crippen LogP contribution in [0, 0.1) is 0 Å². The van der Waals surface area contributed by atoms with Gasteiger partial charge in [-0.2, -0.15) is 0 Å². The van der Waals surface area contributed by atoms with E-state index in [1.165, 1.54) is 11.3 Å². The van der Waals surface area contributed by atoms with Crippen molar-refractivity contribution in [2.24, 2.45) is 5.73 Å². The zero-order chi connectivity index (χ0) is 21.2. The van der Waals surface area contributed by atoms with Crippen LogP contribution in [0.15, 0.2) is 42.9 Å². The Labute approximate surface area is 180 Å². The predicted molar refractivity (Wildman–Crippen MR) is 116 cm³/mol. The summed E-state index contributed by atoms with van der Waals surface area (Å²) in [6, 6.07) is 7.27. The number of nitrogens with zero attached hydrogens (tertiary/aromatic N) is 5. The lowest BCUT2D eigenvalue weighted by Gasteiger charge is -2.34. The number of aromatic nitrogens is 4. The molecule has 8 heteroatoms. The van der Waals surface area contributed by atoms with Crippen LogP contribution < -0.4 is 15.4 Å². The molecule has 3 aromatic heterocycles. The number of anilines is 1. The molecule has 0 spiro atoms. The van der Waals surface area contributed by atoms with Gasteiger partial charge in [0.2, 0.25) is 0 Å². The molecule has 2 N–H and O–H groups in total. The average molecular weight is 416 g/mol. The second-order valence-corrected chi connectivity index (χ2v) is 7.93. The standard InChI is InChI=1S/C23H24N6O2/c24-21(30)20-14-17(6-11-26-20)31-16-7-12-29(13-8-16)23-18-2-1-3-19(18)27-22(28-23)15-4-9-25-10-5-15/h4-6,9-11,14,16H,1-3,7-8,12-13H2,(H2,24,30). The molecule has 1 aliphatic carbocycles. The quantitative estimate of drug-likeness (QED) is 0.681. The van der Waals surface area contributed by atoms with Crippen molar-refractivity contribution in [2.75, 3.05) is 18.0 Å². The lowest BCUT2D eigenvalue weighted by molar-refractivity contribution is 0.0994. The maximum atomic E-state index is 11.4. The van der Waals surface area contributed by atoms with Crippen molar-refractivity contribution in [2.45, 2.75) is 38.2 Å². The lowest BCUT2D eigenvalue weighted by atomic mass is 10.1. The number of piperidine rings is 1. The maximum Gasteiger partial charge on any atom is 0.267 e. The van der Waals surface area contributed by atoms with Gasteiger partial charge in [-0.15, -0.1) is 0 Å². The Morgan fingerprint density at radius 2 is 1.87 bits per heavy atom. The van der Waals surface area contributed by atoms with Gasteiger partial charge in [0.05, 0.1) is 0 Å². The first-order valence-corrected chi connectivity index (χ1v) is 10.6. The number of carbonyl (C=O) groups is 1. The fourth-order valence-electron chi connectivity index (χ4n) is 4.30. The molecule has 5 rings (SSSR count). The number of carbonyl (C=O) groups excluding carboxylic acids is 1. The number of nitrogens with two attached hydrogens (primary N) is 1. The molecule has 1 aliphatic heterocycles. The van der Waals surface area contributed by atoms with Crippen LogP contribution in [0.2, 0.25) is 0 Å². The molecule has 1 saturated heterocycles. The van der Waals surface area contributed by atoms with Crippen LogP contribution in [0.1, 0.15) is 41.0 Å². The zero-order valence-corrected chi connectivity index (χ0v) is 17.2. The topological polar surface area (TPSA) is 107 Å². The summed E-state index contributed by atoms with van der Waals surface area (Å²) in [6.45, 7) is 1.72. The van der Waals surface area contributed by atoms with E-state index in [0.29, 0.717) is 5.75 Å². The van der Waals surface area contributed by atoms with Gasteiger partial charge < -0.3 is 15.4 Å². The van der Waals surface area contributed by atoms with Gasteiger partial charge >= 0.3 is 0 Å². The predicted octanol–water partition coefficient (Wildman–Crippen LogP) is 2.57. The van der Waals surface area contributed by atoms with Crippen LogP contribution in [0.4, 0.5) is 5.82 Å². The van der Waals surface area contributed by atoms with Crippen LogP contribution in [-0.2, 0) is 12.8 Å². The van der Waals surface area contributed by atoms with Crippen molar-refractivity contribution in [1.82, 2.24) is 19.9 Å². The molecule has 2 aliphatic rings. The Balaban J connectivity index is 1.32. The highest BCUT2D eigenvalue weighted by Gasteiger charge is 2.27. The Kier molecular flexibility index (Phi) is 5.19. The van der Waals surface area contributed by atoms with E-state index >= 15 is 0 Å². The molecule has 158 valence electrons. The van der Waals surface area contributed by atoms with E-state index in [-0.39, 0.29) is 11.8 Å². The van der Waals surface area contributed by atoms with Gasteiger partial charge in [-0.1, -0.05) is 0 Å². The third kappa shape index (κ3) is 4.05. The Hall–Kier alpha value is -3.55. The highest BCUT2D eigenvalue weighted by molar-refractivity contribution is 5.91. The summed E-state index contributed by atoms with van der Waals surface area (Å²) in [4.78, 5) is 31.6. The molecule has 0 atom stereocenters. The van der Waals surface area contributed by atoms with E-state index in [2.05, 4.69) is 14.9 Å². The van der Waals surface area contributed by atoms with Crippen LogP contribution in [0.3, 0.4) is 0 Å². The van der Waals surface area contributed by atoms with Crippen molar-refractivity contribution in [3.05, 3.63) is 59.8 Å². The molecule has 0 radical (unpaired) electrons. The summed E-state index contributed by atoms with van der Waals surface area (Å²) in [5.41, 5.74) is 8.99. The first kappa shape index (κ1) is 19.4. The van der Waals surface area contributed by atoms with Gasteiger partial charge in [-0.3, -0.25) is 14.8 Å². The SMILES string of the molecule is NC(=O)c1cc(OC2CCN(c3nc(-c4ccncc4)nc4c3CCC4)CC2)ccn1. The van der Waals surface area contributed by atoms with E-state index in [1.54, 1.807) is 30.7 Å². The molecule has 1 amide bonds. The molecular weight excluding hydrogens is 392 g/mol. The number of aryl methyl sites for hydroxylation is 1. The minimum Gasteiger partial charge on any atom is -0.490 e. The van der Waals surface area contributed by atoms with E-state index < -0.39 is 5.91 Å². The van der Waals surface area contributed by atoms with Gasteiger partial charge in [-0.25, -0.2) is 9.97 Å². The number of amides is 1. The van der Waals surface area contributed by atoms with Crippen LogP contribution in [-0.4, -0.2) is 45.0 Å². The van der Waals surface area contributed by atoms with Crippen molar-refractivity contribution in [1.29, 1.82) is 0 Å².